The fraction of sp³-hybridized carbons (Fsp3) is 0.308. The number of hydrogen-bond donors (Lipinski definition) is 1. The van der Waals surface area contributed by atoms with Gasteiger partial charge in [0.05, 0.1) is 26.2 Å². The van der Waals surface area contributed by atoms with E-state index in [1.165, 1.54) is 11.3 Å². The molecule has 20 heavy (non-hydrogen) atoms. The number of nitrogens with zero attached hydrogens (tertiary/aromatic N) is 1. The zero-order valence-corrected chi connectivity index (χ0v) is 12.3. The number of thiazole rings is 1. The Balaban J connectivity index is 2.19. The highest BCUT2D eigenvalue weighted by Crippen LogP contribution is 2.41. The van der Waals surface area contributed by atoms with Crippen LogP contribution in [0, 0.1) is 0 Å². The quantitative estimate of drug-likeness (QED) is 0.881. The summed E-state index contributed by atoms with van der Waals surface area (Å²) in [6.45, 7) is 0.382. The summed E-state index contributed by atoms with van der Waals surface area (Å²) in [6.07, 6.45) is 1.69. The van der Waals surface area contributed by atoms with Crippen molar-refractivity contribution in [3.63, 3.8) is 0 Å². The summed E-state index contributed by atoms with van der Waals surface area (Å²) in [6, 6.07) is 3.48. The Hall–Kier alpha value is -2.15. The molecule has 1 aromatic carbocycles. The molecule has 0 aliphatic rings. The summed E-state index contributed by atoms with van der Waals surface area (Å²) < 4.78 is 21.5. The van der Waals surface area contributed by atoms with Gasteiger partial charge in [-0.15, -0.1) is 0 Å². The number of methoxy groups -OCH3 is 3. The fourth-order valence-corrected chi connectivity index (χ4v) is 2.28. The van der Waals surface area contributed by atoms with Crippen LogP contribution in [0.15, 0.2) is 18.3 Å². The lowest BCUT2D eigenvalue weighted by molar-refractivity contribution is 0.293. The first-order valence-electron chi connectivity index (χ1n) is 5.81. The van der Waals surface area contributed by atoms with Crippen molar-refractivity contribution < 1.29 is 18.9 Å². The van der Waals surface area contributed by atoms with Crippen LogP contribution in [0.3, 0.4) is 0 Å². The molecule has 0 atom stereocenters. The van der Waals surface area contributed by atoms with Gasteiger partial charge in [0.25, 0.3) is 0 Å². The minimum Gasteiger partial charge on any atom is -0.493 e. The summed E-state index contributed by atoms with van der Waals surface area (Å²) in [5.41, 5.74) is 5.57. The maximum absolute atomic E-state index is 5.69. The van der Waals surface area contributed by atoms with Crippen LogP contribution in [0.4, 0.5) is 5.13 Å². The van der Waals surface area contributed by atoms with Gasteiger partial charge in [-0.3, -0.25) is 0 Å². The summed E-state index contributed by atoms with van der Waals surface area (Å²) in [5.74, 6) is 2.24. The van der Waals surface area contributed by atoms with Crippen LogP contribution < -0.4 is 24.7 Å². The molecule has 0 amide bonds. The van der Waals surface area contributed by atoms with E-state index in [1.54, 1.807) is 39.7 Å². The minimum atomic E-state index is 0.382. The van der Waals surface area contributed by atoms with Gasteiger partial charge < -0.3 is 24.7 Å². The molecule has 1 aromatic heterocycles. The van der Waals surface area contributed by atoms with Crippen molar-refractivity contribution in [3.8, 4) is 23.0 Å². The van der Waals surface area contributed by atoms with Gasteiger partial charge in [-0.2, -0.15) is 0 Å². The Labute approximate surface area is 121 Å². The molecule has 2 N–H and O–H groups in total. The van der Waals surface area contributed by atoms with E-state index in [0.29, 0.717) is 34.7 Å². The number of anilines is 1. The highest BCUT2D eigenvalue weighted by Gasteiger charge is 2.14. The van der Waals surface area contributed by atoms with Gasteiger partial charge in [0.2, 0.25) is 5.75 Å². The molecule has 0 unspecified atom stereocenters. The molecule has 0 saturated heterocycles. The molecule has 7 heteroatoms. The largest absolute Gasteiger partial charge is 0.493 e. The van der Waals surface area contributed by atoms with Crippen LogP contribution in [-0.4, -0.2) is 26.3 Å². The van der Waals surface area contributed by atoms with E-state index in [2.05, 4.69) is 4.98 Å². The van der Waals surface area contributed by atoms with Gasteiger partial charge in [0.1, 0.15) is 12.4 Å². The van der Waals surface area contributed by atoms with Crippen molar-refractivity contribution in [1.82, 2.24) is 4.98 Å². The van der Waals surface area contributed by atoms with E-state index in [1.807, 2.05) is 0 Å². The molecule has 0 spiro atoms. The van der Waals surface area contributed by atoms with Crippen LogP contribution in [0.1, 0.15) is 4.88 Å². The van der Waals surface area contributed by atoms with E-state index in [0.717, 1.165) is 4.88 Å². The van der Waals surface area contributed by atoms with Gasteiger partial charge in [-0.25, -0.2) is 4.98 Å². The lowest BCUT2D eigenvalue weighted by atomic mass is 10.2. The smallest absolute Gasteiger partial charge is 0.203 e. The third kappa shape index (κ3) is 3.05. The lowest BCUT2D eigenvalue weighted by Crippen LogP contribution is -1.98. The molecule has 6 nitrogen and oxygen atoms in total. The molecule has 1 heterocycles. The number of aromatic nitrogens is 1. The van der Waals surface area contributed by atoms with Crippen LogP contribution in [0.25, 0.3) is 0 Å². The third-order valence-electron chi connectivity index (χ3n) is 2.59. The van der Waals surface area contributed by atoms with Gasteiger partial charge >= 0.3 is 0 Å². The first kappa shape index (κ1) is 14.3. The second-order valence-corrected chi connectivity index (χ2v) is 4.96. The Bertz CT molecular complexity index is 560. The van der Waals surface area contributed by atoms with Gasteiger partial charge in [0, 0.05) is 18.3 Å². The number of hydrogen-bond acceptors (Lipinski definition) is 7. The molecule has 0 aliphatic carbocycles. The van der Waals surface area contributed by atoms with Gasteiger partial charge in [-0.1, -0.05) is 11.3 Å². The molecular weight excluding hydrogens is 280 g/mol. The Morgan fingerprint density at radius 1 is 1.10 bits per heavy atom. The summed E-state index contributed by atoms with van der Waals surface area (Å²) in [5, 5.41) is 0.522. The molecule has 0 radical (unpaired) electrons. The SMILES string of the molecule is COc1cc(OCc2cnc(N)s2)cc(OC)c1OC. The molecule has 0 aliphatic heterocycles. The average Bonchev–Trinajstić information content (AvgIpc) is 2.89. The van der Waals surface area contributed by atoms with Crippen LogP contribution in [0.5, 0.6) is 23.0 Å². The molecule has 2 aromatic rings. The van der Waals surface area contributed by atoms with Gasteiger partial charge in [0.15, 0.2) is 16.6 Å². The van der Waals surface area contributed by atoms with Gasteiger partial charge in [-0.05, 0) is 0 Å². The Kier molecular flexibility index (Phi) is 4.52. The molecule has 108 valence electrons. The van der Waals surface area contributed by atoms with Crippen molar-refractivity contribution >= 4 is 16.5 Å². The zero-order chi connectivity index (χ0) is 14.5. The second kappa shape index (κ2) is 6.33. The minimum absolute atomic E-state index is 0.382. The average molecular weight is 296 g/mol. The standard InChI is InChI=1S/C13H16N2O4S/c1-16-10-4-8(5-11(17-2)12(10)18-3)19-7-9-6-15-13(14)20-9/h4-6H,7H2,1-3H3,(H2,14,15). The van der Waals surface area contributed by atoms with Crippen LogP contribution in [-0.2, 0) is 6.61 Å². The summed E-state index contributed by atoms with van der Waals surface area (Å²) in [7, 11) is 4.68. The maximum atomic E-state index is 5.69. The summed E-state index contributed by atoms with van der Waals surface area (Å²) in [4.78, 5) is 4.91. The third-order valence-corrected chi connectivity index (χ3v) is 3.39. The topological polar surface area (TPSA) is 75.8 Å². The van der Waals surface area contributed by atoms with E-state index in [4.69, 9.17) is 24.7 Å². The maximum Gasteiger partial charge on any atom is 0.203 e. The van der Waals surface area contributed by atoms with Crippen molar-refractivity contribution in [2.45, 2.75) is 6.61 Å². The first-order valence-corrected chi connectivity index (χ1v) is 6.62. The van der Waals surface area contributed by atoms with E-state index in [9.17, 15) is 0 Å². The fourth-order valence-electron chi connectivity index (χ4n) is 1.68. The van der Waals surface area contributed by atoms with E-state index in [-0.39, 0.29) is 0 Å². The van der Waals surface area contributed by atoms with E-state index >= 15 is 0 Å². The monoisotopic (exact) mass is 296 g/mol. The van der Waals surface area contributed by atoms with Crippen molar-refractivity contribution in [1.29, 1.82) is 0 Å². The van der Waals surface area contributed by atoms with Crippen molar-refractivity contribution in [2.75, 3.05) is 27.1 Å². The highest BCUT2D eigenvalue weighted by atomic mass is 32.1. The number of nitrogens with two attached hydrogens (primary N) is 1. The number of rotatable bonds is 6. The molecule has 2 rings (SSSR count). The Morgan fingerprint density at radius 2 is 1.75 bits per heavy atom. The number of nitrogen functional groups attached to an aromatic ring is 1. The number of benzene rings is 1. The normalized spacial score (nSPS) is 10.2. The lowest BCUT2D eigenvalue weighted by Gasteiger charge is -2.14. The summed E-state index contributed by atoms with van der Waals surface area (Å²) >= 11 is 1.39. The number of ether oxygens (including phenoxy) is 4. The highest BCUT2D eigenvalue weighted by molar-refractivity contribution is 7.15. The Morgan fingerprint density at radius 3 is 2.20 bits per heavy atom. The van der Waals surface area contributed by atoms with Crippen LogP contribution >= 0.6 is 11.3 Å². The van der Waals surface area contributed by atoms with Crippen molar-refractivity contribution in [2.24, 2.45) is 0 Å². The van der Waals surface area contributed by atoms with Crippen molar-refractivity contribution in [3.05, 3.63) is 23.2 Å². The second-order valence-electron chi connectivity index (χ2n) is 3.81. The molecular formula is C13H16N2O4S. The molecule has 0 bridgehead atoms. The predicted octanol–water partition coefficient (Wildman–Crippen LogP) is 2.33. The molecule has 0 saturated carbocycles. The van der Waals surface area contributed by atoms with Crippen LogP contribution in [0.2, 0.25) is 0 Å². The zero-order valence-electron chi connectivity index (χ0n) is 11.5. The van der Waals surface area contributed by atoms with E-state index < -0.39 is 0 Å². The first-order chi connectivity index (χ1) is 9.67. The predicted molar refractivity (Wildman–Crippen MR) is 77.0 cm³/mol. The molecule has 0 fully saturated rings.